The summed E-state index contributed by atoms with van der Waals surface area (Å²) in [6, 6.07) is 0. The van der Waals surface area contributed by atoms with Crippen molar-refractivity contribution in [3.63, 3.8) is 0 Å². The fourth-order valence-electron chi connectivity index (χ4n) is 0.969. The Balaban J connectivity index is 2.56. The zero-order valence-electron chi connectivity index (χ0n) is 9.90. The molecule has 7 heteroatoms. The number of aryl methyl sites for hydroxylation is 1. The van der Waals surface area contributed by atoms with E-state index in [2.05, 4.69) is 15.6 Å². The van der Waals surface area contributed by atoms with E-state index in [1.165, 1.54) is 11.3 Å². The molecule has 0 saturated heterocycles. The summed E-state index contributed by atoms with van der Waals surface area (Å²) >= 11 is 1.25. The summed E-state index contributed by atoms with van der Waals surface area (Å²) in [4.78, 5) is 27.0. The van der Waals surface area contributed by atoms with Crippen molar-refractivity contribution in [1.29, 1.82) is 0 Å². The standard InChI is InChI=1S/C10H15N3O3S/c1-6-4-17-9(11-6)12-7(15)8(16)13-10(2,3)5-14/h4,14H,5H2,1-3H3,(H,13,16)(H,11,12,15). The predicted molar refractivity (Wildman–Crippen MR) is 64.8 cm³/mol. The molecule has 3 N–H and O–H groups in total. The van der Waals surface area contributed by atoms with E-state index < -0.39 is 17.4 Å². The van der Waals surface area contributed by atoms with E-state index in [0.717, 1.165) is 5.69 Å². The van der Waals surface area contributed by atoms with Gasteiger partial charge in [-0.3, -0.25) is 14.9 Å². The summed E-state index contributed by atoms with van der Waals surface area (Å²) in [5.74, 6) is -1.59. The first kappa shape index (κ1) is 13.6. The first-order chi connectivity index (χ1) is 7.84. The molecule has 0 fully saturated rings. The molecule has 0 aromatic carbocycles. The van der Waals surface area contributed by atoms with Gasteiger partial charge >= 0.3 is 11.8 Å². The maximum Gasteiger partial charge on any atom is 0.315 e. The summed E-state index contributed by atoms with van der Waals surface area (Å²) in [5.41, 5.74) is -0.0471. The Morgan fingerprint density at radius 2 is 2.12 bits per heavy atom. The van der Waals surface area contributed by atoms with Crippen LogP contribution in [-0.2, 0) is 9.59 Å². The van der Waals surface area contributed by atoms with Gasteiger partial charge in [-0.25, -0.2) is 4.98 Å². The van der Waals surface area contributed by atoms with Crippen molar-refractivity contribution in [3.05, 3.63) is 11.1 Å². The van der Waals surface area contributed by atoms with Crippen LogP contribution in [-0.4, -0.2) is 34.1 Å². The number of rotatable bonds is 3. The molecule has 0 aliphatic carbocycles. The Kier molecular flexibility index (Phi) is 4.19. The normalized spacial score (nSPS) is 11.1. The predicted octanol–water partition coefficient (Wildman–Crippen LogP) is 0.277. The second-order valence-corrected chi connectivity index (χ2v) is 5.10. The van der Waals surface area contributed by atoms with Crippen molar-refractivity contribution in [2.45, 2.75) is 26.3 Å². The highest BCUT2D eigenvalue weighted by Crippen LogP contribution is 2.14. The number of amides is 2. The third-order valence-electron chi connectivity index (χ3n) is 1.89. The van der Waals surface area contributed by atoms with Gasteiger partial charge in [0.25, 0.3) is 0 Å². The minimum Gasteiger partial charge on any atom is -0.394 e. The topological polar surface area (TPSA) is 91.3 Å². The lowest BCUT2D eigenvalue weighted by atomic mass is 10.1. The van der Waals surface area contributed by atoms with Crippen molar-refractivity contribution in [1.82, 2.24) is 10.3 Å². The lowest BCUT2D eigenvalue weighted by molar-refractivity contribution is -0.137. The molecular weight excluding hydrogens is 242 g/mol. The molecular formula is C10H15N3O3S. The lowest BCUT2D eigenvalue weighted by Gasteiger charge is -2.22. The molecule has 0 spiro atoms. The maximum absolute atomic E-state index is 11.5. The molecule has 0 radical (unpaired) electrons. The third kappa shape index (κ3) is 4.12. The Morgan fingerprint density at radius 3 is 2.59 bits per heavy atom. The van der Waals surface area contributed by atoms with Gasteiger partial charge in [0.15, 0.2) is 5.13 Å². The van der Waals surface area contributed by atoms with Crippen LogP contribution in [0.25, 0.3) is 0 Å². The monoisotopic (exact) mass is 257 g/mol. The summed E-state index contributed by atoms with van der Waals surface area (Å²) in [5, 5.41) is 15.9. The van der Waals surface area contributed by atoms with E-state index >= 15 is 0 Å². The number of carbonyl (C=O) groups excluding carboxylic acids is 2. The van der Waals surface area contributed by atoms with Crippen LogP contribution in [0.3, 0.4) is 0 Å². The fraction of sp³-hybridized carbons (Fsp3) is 0.500. The molecule has 94 valence electrons. The highest BCUT2D eigenvalue weighted by Gasteiger charge is 2.24. The van der Waals surface area contributed by atoms with Crippen molar-refractivity contribution < 1.29 is 14.7 Å². The van der Waals surface area contributed by atoms with E-state index in [1.54, 1.807) is 26.2 Å². The van der Waals surface area contributed by atoms with Crippen LogP contribution in [0.5, 0.6) is 0 Å². The highest BCUT2D eigenvalue weighted by molar-refractivity contribution is 7.14. The van der Waals surface area contributed by atoms with E-state index in [9.17, 15) is 9.59 Å². The highest BCUT2D eigenvalue weighted by atomic mass is 32.1. The van der Waals surface area contributed by atoms with Crippen LogP contribution >= 0.6 is 11.3 Å². The third-order valence-corrected chi connectivity index (χ3v) is 2.77. The van der Waals surface area contributed by atoms with Crippen LogP contribution in [0.1, 0.15) is 19.5 Å². The van der Waals surface area contributed by atoms with Gasteiger partial charge in [-0.1, -0.05) is 0 Å². The van der Waals surface area contributed by atoms with E-state index in [4.69, 9.17) is 5.11 Å². The molecule has 0 aliphatic heterocycles. The van der Waals surface area contributed by atoms with Gasteiger partial charge in [0.05, 0.1) is 17.8 Å². The Labute approximate surface area is 103 Å². The molecule has 6 nitrogen and oxygen atoms in total. The minimum absolute atomic E-state index is 0.248. The van der Waals surface area contributed by atoms with Crippen LogP contribution in [0.4, 0.5) is 5.13 Å². The molecule has 1 aromatic heterocycles. The van der Waals surface area contributed by atoms with Crippen LogP contribution in [0.15, 0.2) is 5.38 Å². The molecule has 1 heterocycles. The van der Waals surface area contributed by atoms with Crippen LogP contribution in [0, 0.1) is 6.92 Å². The minimum atomic E-state index is -0.826. The smallest absolute Gasteiger partial charge is 0.315 e. The van der Waals surface area contributed by atoms with Crippen molar-refractivity contribution in [2.24, 2.45) is 0 Å². The molecule has 0 aliphatic rings. The molecule has 1 rings (SSSR count). The number of nitrogens with one attached hydrogen (secondary N) is 2. The SMILES string of the molecule is Cc1csc(NC(=O)C(=O)NC(C)(C)CO)n1. The summed E-state index contributed by atoms with van der Waals surface area (Å²) in [6.07, 6.45) is 0. The number of thiazole rings is 1. The Morgan fingerprint density at radius 1 is 1.47 bits per heavy atom. The average molecular weight is 257 g/mol. The number of aliphatic hydroxyl groups is 1. The number of hydrogen-bond donors (Lipinski definition) is 3. The van der Waals surface area contributed by atoms with E-state index in [-0.39, 0.29) is 6.61 Å². The van der Waals surface area contributed by atoms with Crippen LogP contribution < -0.4 is 10.6 Å². The number of carbonyl (C=O) groups is 2. The first-order valence-electron chi connectivity index (χ1n) is 5.00. The number of aromatic nitrogens is 1. The van der Waals surface area contributed by atoms with Crippen molar-refractivity contribution >= 4 is 28.3 Å². The quantitative estimate of drug-likeness (QED) is 0.678. The Hall–Kier alpha value is -1.47. The van der Waals surface area contributed by atoms with Gasteiger partial charge in [0.2, 0.25) is 0 Å². The van der Waals surface area contributed by atoms with Crippen molar-refractivity contribution in [2.75, 3.05) is 11.9 Å². The van der Waals surface area contributed by atoms with Crippen molar-refractivity contribution in [3.8, 4) is 0 Å². The molecule has 2 amide bonds. The second kappa shape index (κ2) is 5.24. The second-order valence-electron chi connectivity index (χ2n) is 4.24. The van der Waals surface area contributed by atoms with E-state index in [1.807, 2.05) is 0 Å². The first-order valence-corrected chi connectivity index (χ1v) is 5.88. The van der Waals surface area contributed by atoms with Crippen LogP contribution in [0.2, 0.25) is 0 Å². The van der Waals surface area contributed by atoms with Gasteiger partial charge in [-0.15, -0.1) is 11.3 Å². The number of nitrogens with zero attached hydrogens (tertiary/aromatic N) is 1. The molecule has 0 bridgehead atoms. The zero-order chi connectivity index (χ0) is 13.1. The van der Waals surface area contributed by atoms with Gasteiger partial charge in [0, 0.05) is 5.38 Å². The maximum atomic E-state index is 11.5. The fourth-order valence-corrected chi connectivity index (χ4v) is 1.65. The van der Waals surface area contributed by atoms with E-state index in [0.29, 0.717) is 5.13 Å². The molecule has 1 aromatic rings. The lowest BCUT2D eigenvalue weighted by Crippen LogP contribution is -2.50. The van der Waals surface area contributed by atoms with Gasteiger partial charge in [-0.2, -0.15) is 0 Å². The van der Waals surface area contributed by atoms with Gasteiger partial charge < -0.3 is 10.4 Å². The largest absolute Gasteiger partial charge is 0.394 e. The number of anilines is 1. The summed E-state index contributed by atoms with van der Waals surface area (Å²) < 4.78 is 0. The zero-order valence-corrected chi connectivity index (χ0v) is 10.7. The molecule has 0 atom stereocenters. The van der Waals surface area contributed by atoms with Gasteiger partial charge in [0.1, 0.15) is 0 Å². The molecule has 0 saturated carbocycles. The van der Waals surface area contributed by atoms with Gasteiger partial charge in [-0.05, 0) is 20.8 Å². The molecule has 0 unspecified atom stereocenters. The number of hydrogen-bond acceptors (Lipinski definition) is 5. The molecule has 17 heavy (non-hydrogen) atoms. The average Bonchev–Trinajstić information content (AvgIpc) is 2.63. The Bertz CT molecular complexity index is 428. The number of aliphatic hydroxyl groups excluding tert-OH is 1. The summed E-state index contributed by atoms with van der Waals surface area (Å²) in [7, 11) is 0. The summed E-state index contributed by atoms with van der Waals surface area (Å²) in [6.45, 7) is 4.78.